The van der Waals surface area contributed by atoms with Crippen molar-refractivity contribution in [3.8, 4) is 0 Å². The van der Waals surface area contributed by atoms with E-state index in [0.717, 1.165) is 0 Å². The number of aromatic amines is 1. The third kappa shape index (κ3) is 1.30. The van der Waals surface area contributed by atoms with E-state index in [9.17, 15) is 15.0 Å². The lowest BCUT2D eigenvalue weighted by atomic mass is 10.2. The third-order valence-electron chi connectivity index (χ3n) is 4.05. The Morgan fingerprint density at radius 2 is 2.42 bits per heavy atom. The Bertz CT molecular complexity index is 710. The summed E-state index contributed by atoms with van der Waals surface area (Å²) in [5, 5.41) is 19.5. The summed E-state index contributed by atoms with van der Waals surface area (Å²) >= 11 is 0. The molecule has 1 unspecified atom stereocenters. The monoisotopic (exact) mass is 264 g/mol. The molecule has 4 rings (SSSR count). The van der Waals surface area contributed by atoms with Crippen LogP contribution in [-0.4, -0.2) is 48.0 Å². The molecule has 3 heterocycles. The first-order valence-electron chi connectivity index (χ1n) is 6.03. The highest BCUT2D eigenvalue weighted by Gasteiger charge is 2.67. The molecule has 0 amide bonds. The van der Waals surface area contributed by atoms with E-state index in [4.69, 9.17) is 4.74 Å². The van der Waals surface area contributed by atoms with Crippen LogP contribution >= 0.6 is 0 Å². The molecule has 2 aliphatic rings. The van der Waals surface area contributed by atoms with Crippen LogP contribution in [0.5, 0.6) is 0 Å². The number of aromatic nitrogens is 4. The minimum atomic E-state index is -0.731. The van der Waals surface area contributed by atoms with Gasteiger partial charge in [-0.25, -0.2) is 9.97 Å². The quantitative estimate of drug-likeness (QED) is 0.625. The van der Waals surface area contributed by atoms with E-state index in [2.05, 4.69) is 15.0 Å². The average Bonchev–Trinajstić information content (AvgIpc) is 2.85. The Kier molecular flexibility index (Phi) is 1.99. The maximum absolute atomic E-state index is 11.6. The van der Waals surface area contributed by atoms with Crippen molar-refractivity contribution >= 4 is 11.2 Å². The van der Waals surface area contributed by atoms with Gasteiger partial charge in [-0.3, -0.25) is 9.36 Å². The number of hydrogen-bond donors (Lipinski definition) is 3. The van der Waals surface area contributed by atoms with Crippen molar-refractivity contribution < 1.29 is 14.9 Å². The van der Waals surface area contributed by atoms with Crippen molar-refractivity contribution in [1.29, 1.82) is 0 Å². The third-order valence-corrected chi connectivity index (χ3v) is 4.05. The lowest BCUT2D eigenvalue weighted by molar-refractivity contribution is -0.0889. The molecule has 2 aromatic heterocycles. The first-order valence-corrected chi connectivity index (χ1v) is 6.03. The van der Waals surface area contributed by atoms with Gasteiger partial charge in [0.1, 0.15) is 6.10 Å². The van der Waals surface area contributed by atoms with Crippen molar-refractivity contribution in [2.24, 2.45) is 5.92 Å². The predicted molar refractivity (Wildman–Crippen MR) is 62.2 cm³/mol. The highest BCUT2D eigenvalue weighted by atomic mass is 16.6. The molecule has 0 aromatic carbocycles. The number of aliphatic hydroxyl groups excluding tert-OH is 2. The van der Waals surface area contributed by atoms with E-state index in [1.165, 1.54) is 12.7 Å². The van der Waals surface area contributed by atoms with Crippen LogP contribution in [0.25, 0.3) is 11.2 Å². The number of H-pyrrole nitrogens is 1. The number of aliphatic hydroxyl groups is 2. The van der Waals surface area contributed by atoms with Gasteiger partial charge in [-0.15, -0.1) is 0 Å². The molecule has 0 spiro atoms. The van der Waals surface area contributed by atoms with Crippen LogP contribution in [0.15, 0.2) is 17.4 Å². The Morgan fingerprint density at radius 3 is 3.16 bits per heavy atom. The van der Waals surface area contributed by atoms with Crippen LogP contribution in [0.1, 0.15) is 12.6 Å². The summed E-state index contributed by atoms with van der Waals surface area (Å²) in [5.41, 5.74) is -0.403. The van der Waals surface area contributed by atoms with Crippen LogP contribution in [0.4, 0.5) is 0 Å². The van der Waals surface area contributed by atoms with Gasteiger partial charge in [0, 0.05) is 5.92 Å². The molecule has 0 radical (unpaired) electrons. The molecule has 2 fully saturated rings. The van der Waals surface area contributed by atoms with E-state index >= 15 is 0 Å². The van der Waals surface area contributed by atoms with Gasteiger partial charge in [0.05, 0.1) is 24.9 Å². The van der Waals surface area contributed by atoms with Crippen molar-refractivity contribution in [2.75, 3.05) is 6.61 Å². The summed E-state index contributed by atoms with van der Waals surface area (Å²) < 4.78 is 7.29. The second-order valence-electron chi connectivity index (χ2n) is 5.09. The smallest absolute Gasteiger partial charge is 0.278 e. The maximum atomic E-state index is 11.6. The molecular weight excluding hydrogens is 252 g/mol. The largest absolute Gasteiger partial charge is 0.393 e. The SMILES string of the molecule is O=c1[nH]cnc2c1ncn2[C@@H]1O[C@]2(CO)CC2[C@@H]1O. The second-order valence-corrected chi connectivity index (χ2v) is 5.09. The number of hydrogen-bond acceptors (Lipinski definition) is 6. The number of imidazole rings is 1. The van der Waals surface area contributed by atoms with Crippen LogP contribution in [0.2, 0.25) is 0 Å². The summed E-state index contributed by atoms with van der Waals surface area (Å²) in [6.45, 7) is -0.119. The van der Waals surface area contributed by atoms with Crippen molar-refractivity contribution in [3.05, 3.63) is 23.0 Å². The van der Waals surface area contributed by atoms with Gasteiger partial charge in [0.15, 0.2) is 17.4 Å². The fourth-order valence-corrected chi connectivity index (χ4v) is 2.88. The first-order chi connectivity index (χ1) is 9.16. The molecule has 19 heavy (non-hydrogen) atoms. The molecule has 1 saturated heterocycles. The lowest BCUT2D eigenvalue weighted by Gasteiger charge is -2.20. The molecule has 1 aliphatic carbocycles. The van der Waals surface area contributed by atoms with Crippen molar-refractivity contribution in [1.82, 2.24) is 19.5 Å². The van der Waals surface area contributed by atoms with E-state index in [1.807, 2.05) is 0 Å². The standard InChI is InChI=1S/C11H12N4O4/c16-2-11-1-5(11)7(17)10(19-11)15-4-14-6-8(15)12-3-13-9(6)18/h3-5,7,10,16-17H,1-2H2,(H,12,13,18)/t5?,7-,10+,11-/m0/s1. The highest BCUT2D eigenvalue weighted by molar-refractivity contribution is 5.68. The molecule has 8 nitrogen and oxygen atoms in total. The van der Waals surface area contributed by atoms with Gasteiger partial charge in [-0.2, -0.15) is 0 Å². The minimum absolute atomic E-state index is 0.0676. The second kappa shape index (κ2) is 3.41. The van der Waals surface area contributed by atoms with Crippen LogP contribution < -0.4 is 5.56 Å². The zero-order valence-electron chi connectivity index (χ0n) is 9.85. The normalized spacial score (nSPS) is 36.6. The summed E-state index contributed by atoms with van der Waals surface area (Å²) in [7, 11) is 0. The van der Waals surface area contributed by atoms with Crippen LogP contribution in [0.3, 0.4) is 0 Å². The van der Waals surface area contributed by atoms with Crippen molar-refractivity contribution in [3.63, 3.8) is 0 Å². The van der Waals surface area contributed by atoms with E-state index in [-0.39, 0.29) is 23.6 Å². The van der Waals surface area contributed by atoms with Gasteiger partial charge >= 0.3 is 0 Å². The Hall–Kier alpha value is -1.77. The van der Waals surface area contributed by atoms with Gasteiger partial charge in [-0.1, -0.05) is 0 Å². The molecular formula is C11H12N4O4. The van der Waals surface area contributed by atoms with E-state index in [1.54, 1.807) is 4.57 Å². The summed E-state index contributed by atoms with van der Waals surface area (Å²) in [4.78, 5) is 22.1. The van der Waals surface area contributed by atoms with Crippen LogP contribution in [0, 0.1) is 5.92 Å². The van der Waals surface area contributed by atoms with Gasteiger partial charge in [-0.05, 0) is 6.42 Å². The Balaban J connectivity index is 1.80. The number of nitrogens with one attached hydrogen (secondary N) is 1. The number of nitrogens with zero attached hydrogens (tertiary/aromatic N) is 3. The average molecular weight is 264 g/mol. The van der Waals surface area contributed by atoms with Gasteiger partial charge < -0.3 is 19.9 Å². The molecule has 0 bridgehead atoms. The van der Waals surface area contributed by atoms with Gasteiger partial charge in [0.2, 0.25) is 0 Å². The van der Waals surface area contributed by atoms with Crippen molar-refractivity contribution in [2.45, 2.75) is 24.4 Å². The minimum Gasteiger partial charge on any atom is -0.393 e. The lowest BCUT2D eigenvalue weighted by Crippen LogP contribution is -2.25. The summed E-state index contributed by atoms with van der Waals surface area (Å²) in [6, 6.07) is 0. The number of rotatable bonds is 2. The summed E-state index contributed by atoms with van der Waals surface area (Å²) in [6.07, 6.45) is 1.97. The zero-order valence-corrected chi connectivity index (χ0v) is 9.85. The fraction of sp³-hybridized carbons (Fsp3) is 0.545. The number of fused-ring (bicyclic) bond motifs is 2. The van der Waals surface area contributed by atoms with Crippen LogP contribution in [-0.2, 0) is 4.74 Å². The van der Waals surface area contributed by atoms with E-state index < -0.39 is 17.9 Å². The molecule has 1 aliphatic heterocycles. The van der Waals surface area contributed by atoms with E-state index in [0.29, 0.717) is 12.1 Å². The summed E-state index contributed by atoms with van der Waals surface area (Å²) in [5.74, 6) is -0.0676. The Labute approximate surface area is 106 Å². The highest BCUT2D eigenvalue weighted by Crippen LogP contribution is 2.58. The first kappa shape index (κ1) is 11.1. The van der Waals surface area contributed by atoms with Gasteiger partial charge in [0.25, 0.3) is 5.56 Å². The number of ether oxygens (including phenoxy) is 1. The molecule has 8 heteroatoms. The molecule has 2 aromatic rings. The molecule has 3 N–H and O–H groups in total. The Morgan fingerprint density at radius 1 is 1.58 bits per heavy atom. The molecule has 1 saturated carbocycles. The zero-order chi connectivity index (χ0) is 13.2. The topological polar surface area (TPSA) is 113 Å². The maximum Gasteiger partial charge on any atom is 0.278 e. The molecule has 100 valence electrons. The predicted octanol–water partition coefficient (Wildman–Crippen LogP) is -1.24. The molecule has 4 atom stereocenters. The fourth-order valence-electron chi connectivity index (χ4n) is 2.88.